The molecule has 0 saturated heterocycles. The quantitative estimate of drug-likeness (QED) is 0.790. The Morgan fingerprint density at radius 1 is 1.08 bits per heavy atom. The predicted molar refractivity (Wildman–Crippen MR) is 98.5 cm³/mol. The van der Waals surface area contributed by atoms with Crippen LogP contribution in [0.15, 0.2) is 48.5 Å². The van der Waals surface area contributed by atoms with Crippen LogP contribution in [0, 0.1) is 0 Å². The summed E-state index contributed by atoms with van der Waals surface area (Å²) in [4.78, 5) is 13.9. The SMILES string of the molecule is CN(C(=O)CN(c1ccc(Cl)cc1Cl)S(C)(=O)=O)c1ccccc1. The molecule has 0 fully saturated rings. The monoisotopic (exact) mass is 386 g/mol. The summed E-state index contributed by atoms with van der Waals surface area (Å²) < 4.78 is 25.2. The second-order valence-electron chi connectivity index (χ2n) is 5.15. The molecule has 0 aliphatic heterocycles. The van der Waals surface area contributed by atoms with Crippen LogP contribution >= 0.6 is 23.2 Å². The fourth-order valence-electron chi connectivity index (χ4n) is 2.09. The molecule has 0 unspecified atom stereocenters. The lowest BCUT2D eigenvalue weighted by atomic mass is 10.3. The molecule has 0 aliphatic carbocycles. The third kappa shape index (κ3) is 4.41. The van der Waals surface area contributed by atoms with Gasteiger partial charge in [-0.3, -0.25) is 9.10 Å². The van der Waals surface area contributed by atoms with Crippen molar-refractivity contribution in [3.8, 4) is 0 Å². The van der Waals surface area contributed by atoms with E-state index in [4.69, 9.17) is 23.2 Å². The summed E-state index contributed by atoms with van der Waals surface area (Å²) in [5.74, 6) is -0.391. The third-order valence-electron chi connectivity index (χ3n) is 3.38. The maximum atomic E-state index is 12.5. The third-order valence-corrected chi connectivity index (χ3v) is 5.04. The van der Waals surface area contributed by atoms with Gasteiger partial charge in [0, 0.05) is 17.8 Å². The van der Waals surface area contributed by atoms with Gasteiger partial charge in [0.15, 0.2) is 0 Å². The number of hydrogen-bond acceptors (Lipinski definition) is 3. The minimum absolute atomic E-state index is 0.156. The number of para-hydroxylation sites is 1. The lowest BCUT2D eigenvalue weighted by Crippen LogP contribution is -2.41. The molecule has 0 bridgehead atoms. The Morgan fingerprint density at radius 2 is 1.71 bits per heavy atom. The van der Waals surface area contributed by atoms with Crippen molar-refractivity contribution >= 4 is 50.5 Å². The zero-order valence-corrected chi connectivity index (χ0v) is 15.4. The van der Waals surface area contributed by atoms with Crippen molar-refractivity contribution in [1.82, 2.24) is 0 Å². The van der Waals surface area contributed by atoms with Crippen LogP contribution in [0.25, 0.3) is 0 Å². The van der Waals surface area contributed by atoms with Crippen LogP contribution in [-0.2, 0) is 14.8 Å². The minimum atomic E-state index is -3.71. The summed E-state index contributed by atoms with van der Waals surface area (Å²) in [5, 5.41) is 0.535. The van der Waals surface area contributed by atoms with E-state index >= 15 is 0 Å². The molecule has 0 aromatic heterocycles. The Labute approximate surface area is 151 Å². The zero-order valence-electron chi connectivity index (χ0n) is 13.1. The van der Waals surface area contributed by atoms with Crippen LogP contribution in [0.5, 0.6) is 0 Å². The van der Waals surface area contributed by atoms with Crippen LogP contribution in [-0.4, -0.2) is 34.2 Å². The highest BCUT2D eigenvalue weighted by Crippen LogP contribution is 2.30. The molecule has 2 aromatic rings. The number of carbonyl (C=O) groups is 1. The van der Waals surface area contributed by atoms with Crippen molar-refractivity contribution in [2.24, 2.45) is 0 Å². The van der Waals surface area contributed by atoms with Crippen molar-refractivity contribution in [1.29, 1.82) is 0 Å². The summed E-state index contributed by atoms with van der Waals surface area (Å²) in [6.07, 6.45) is 1.02. The number of anilines is 2. The summed E-state index contributed by atoms with van der Waals surface area (Å²) in [7, 11) is -2.12. The zero-order chi connectivity index (χ0) is 17.9. The van der Waals surface area contributed by atoms with Crippen molar-refractivity contribution in [2.45, 2.75) is 0 Å². The van der Waals surface area contributed by atoms with Gasteiger partial charge < -0.3 is 4.90 Å². The lowest BCUT2D eigenvalue weighted by molar-refractivity contribution is -0.116. The van der Waals surface area contributed by atoms with Crippen LogP contribution in [0.2, 0.25) is 10.0 Å². The number of sulfonamides is 1. The van der Waals surface area contributed by atoms with Gasteiger partial charge in [0.25, 0.3) is 0 Å². The molecular weight excluding hydrogens is 371 g/mol. The second-order valence-corrected chi connectivity index (χ2v) is 7.90. The average molecular weight is 387 g/mol. The van der Waals surface area contributed by atoms with E-state index in [1.54, 1.807) is 31.3 Å². The molecule has 0 N–H and O–H groups in total. The van der Waals surface area contributed by atoms with E-state index in [9.17, 15) is 13.2 Å². The maximum Gasteiger partial charge on any atom is 0.247 e. The number of likely N-dealkylation sites (N-methyl/N-ethyl adjacent to an activating group) is 1. The number of hydrogen-bond donors (Lipinski definition) is 0. The first kappa shape index (κ1) is 18.6. The van der Waals surface area contributed by atoms with Crippen LogP contribution < -0.4 is 9.21 Å². The number of carbonyl (C=O) groups excluding carboxylic acids is 1. The Balaban J connectivity index is 2.32. The van der Waals surface area contributed by atoms with E-state index in [1.807, 2.05) is 6.07 Å². The molecule has 5 nitrogen and oxygen atoms in total. The topological polar surface area (TPSA) is 57.7 Å². The number of rotatable bonds is 5. The Morgan fingerprint density at radius 3 is 2.25 bits per heavy atom. The molecule has 2 rings (SSSR count). The largest absolute Gasteiger partial charge is 0.314 e. The van der Waals surface area contributed by atoms with Gasteiger partial charge in [0.1, 0.15) is 6.54 Å². The summed E-state index contributed by atoms with van der Waals surface area (Å²) in [6, 6.07) is 13.4. The van der Waals surface area contributed by atoms with Crippen molar-refractivity contribution in [3.63, 3.8) is 0 Å². The molecule has 1 amide bonds. The second kappa shape index (κ2) is 7.42. The molecule has 128 valence electrons. The Bertz CT molecular complexity index is 842. The van der Waals surface area contributed by atoms with E-state index in [0.717, 1.165) is 10.6 Å². The molecule has 2 aromatic carbocycles. The number of nitrogens with zero attached hydrogens (tertiary/aromatic N) is 2. The minimum Gasteiger partial charge on any atom is -0.314 e. The van der Waals surface area contributed by atoms with Crippen LogP contribution in [0.4, 0.5) is 11.4 Å². The van der Waals surface area contributed by atoms with E-state index in [1.165, 1.54) is 23.1 Å². The van der Waals surface area contributed by atoms with Gasteiger partial charge >= 0.3 is 0 Å². The molecule has 0 aliphatic rings. The van der Waals surface area contributed by atoms with Crippen molar-refractivity contribution in [2.75, 3.05) is 29.1 Å². The van der Waals surface area contributed by atoms with Gasteiger partial charge in [-0.2, -0.15) is 0 Å². The van der Waals surface area contributed by atoms with E-state index in [0.29, 0.717) is 10.7 Å². The smallest absolute Gasteiger partial charge is 0.247 e. The molecule has 24 heavy (non-hydrogen) atoms. The van der Waals surface area contributed by atoms with E-state index < -0.39 is 15.9 Å². The van der Waals surface area contributed by atoms with Gasteiger partial charge in [0.2, 0.25) is 15.9 Å². The Kier molecular flexibility index (Phi) is 5.74. The highest BCUT2D eigenvalue weighted by atomic mass is 35.5. The Hall–Kier alpha value is -1.76. The normalized spacial score (nSPS) is 11.2. The molecule has 0 radical (unpaired) electrons. The first-order chi connectivity index (χ1) is 11.2. The molecular formula is C16H16Cl2N2O3S. The first-order valence-electron chi connectivity index (χ1n) is 6.94. The fourth-order valence-corrected chi connectivity index (χ4v) is 3.51. The summed E-state index contributed by atoms with van der Waals surface area (Å²) in [5.41, 5.74) is 0.872. The standard InChI is InChI=1S/C16H16Cl2N2O3S/c1-19(13-6-4-3-5-7-13)16(21)11-20(24(2,22)23)15-9-8-12(17)10-14(15)18/h3-10H,11H2,1-2H3. The van der Waals surface area contributed by atoms with E-state index in [2.05, 4.69) is 0 Å². The summed E-state index contributed by atoms with van der Waals surface area (Å²) in [6.45, 7) is -0.369. The molecule has 0 heterocycles. The van der Waals surface area contributed by atoms with Gasteiger partial charge in [-0.15, -0.1) is 0 Å². The lowest BCUT2D eigenvalue weighted by Gasteiger charge is -2.26. The molecule has 0 spiro atoms. The van der Waals surface area contributed by atoms with Crippen LogP contribution in [0.1, 0.15) is 0 Å². The van der Waals surface area contributed by atoms with E-state index in [-0.39, 0.29) is 17.3 Å². The highest BCUT2D eigenvalue weighted by molar-refractivity contribution is 7.92. The number of benzene rings is 2. The summed E-state index contributed by atoms with van der Waals surface area (Å²) >= 11 is 11.9. The first-order valence-corrected chi connectivity index (χ1v) is 9.55. The molecule has 8 heteroatoms. The molecule has 0 saturated carbocycles. The highest BCUT2D eigenvalue weighted by Gasteiger charge is 2.25. The number of amides is 1. The fraction of sp³-hybridized carbons (Fsp3) is 0.188. The van der Waals surface area contributed by atoms with Crippen LogP contribution in [0.3, 0.4) is 0 Å². The van der Waals surface area contributed by atoms with Gasteiger partial charge in [-0.05, 0) is 30.3 Å². The maximum absolute atomic E-state index is 12.5. The predicted octanol–water partition coefficient (Wildman–Crippen LogP) is 3.42. The van der Waals surface area contributed by atoms with Gasteiger partial charge in [-0.1, -0.05) is 41.4 Å². The number of halogens is 2. The van der Waals surface area contributed by atoms with Gasteiger partial charge in [0.05, 0.1) is 17.0 Å². The van der Waals surface area contributed by atoms with Gasteiger partial charge in [-0.25, -0.2) is 8.42 Å². The van der Waals surface area contributed by atoms with Crippen molar-refractivity contribution in [3.05, 3.63) is 58.6 Å². The van der Waals surface area contributed by atoms with Crippen molar-refractivity contribution < 1.29 is 13.2 Å². The average Bonchev–Trinajstić information content (AvgIpc) is 2.52. The molecule has 0 atom stereocenters.